The molecule has 0 saturated heterocycles. The second-order valence-corrected chi connectivity index (χ2v) is 7.51. The number of aromatic carboxylic acids is 1. The molecule has 2 N–H and O–H groups in total. The summed E-state index contributed by atoms with van der Waals surface area (Å²) in [5.41, 5.74) is 2.46. The summed E-state index contributed by atoms with van der Waals surface area (Å²) in [6.07, 6.45) is 4.41. The zero-order chi connectivity index (χ0) is 21.8. The maximum Gasteiger partial charge on any atom is 0.547 e. The van der Waals surface area contributed by atoms with Crippen LogP contribution in [0, 0.1) is 0 Å². The number of nitrogens with one attached hydrogen (secondary N) is 1. The van der Waals surface area contributed by atoms with Gasteiger partial charge in [-0.1, -0.05) is 42.5 Å². The fourth-order valence-electron chi connectivity index (χ4n) is 3.66. The molecule has 1 aliphatic heterocycles. The Morgan fingerprint density at radius 2 is 1.77 bits per heavy atom. The van der Waals surface area contributed by atoms with E-state index in [1.54, 1.807) is 12.1 Å². The van der Waals surface area contributed by atoms with E-state index in [9.17, 15) is 19.7 Å². The van der Waals surface area contributed by atoms with Gasteiger partial charge in [0.1, 0.15) is 5.75 Å². The minimum atomic E-state index is -1.37. The summed E-state index contributed by atoms with van der Waals surface area (Å²) in [4.78, 5) is 23.7. The molecule has 2 heterocycles. The summed E-state index contributed by atoms with van der Waals surface area (Å²) in [7, 11) is -1.35. The van der Waals surface area contributed by atoms with E-state index in [0.29, 0.717) is 5.56 Å². The first kappa shape index (κ1) is 20.6. The molecule has 0 spiro atoms. The molecule has 0 unspecified atom stereocenters. The van der Waals surface area contributed by atoms with Gasteiger partial charge in [-0.3, -0.25) is 4.79 Å². The molecule has 1 amide bonds. The summed E-state index contributed by atoms with van der Waals surface area (Å²) in [5, 5.41) is 24.3. The Bertz CT molecular complexity index is 1090. The highest BCUT2D eigenvalue weighted by molar-refractivity contribution is 6.47. The van der Waals surface area contributed by atoms with E-state index in [0.717, 1.165) is 17.7 Å². The van der Waals surface area contributed by atoms with Crippen molar-refractivity contribution in [2.75, 3.05) is 0 Å². The van der Waals surface area contributed by atoms with Crippen LogP contribution in [-0.4, -0.2) is 30.0 Å². The van der Waals surface area contributed by atoms with Gasteiger partial charge < -0.3 is 24.9 Å². The average Bonchev–Trinajstić information content (AvgIpc) is 2.76. The van der Waals surface area contributed by atoms with E-state index in [2.05, 4.69) is 9.88 Å². The highest BCUT2D eigenvalue weighted by Crippen LogP contribution is 2.29. The summed E-state index contributed by atoms with van der Waals surface area (Å²) in [6.45, 7) is 0.742. The van der Waals surface area contributed by atoms with Crippen LogP contribution in [0.2, 0.25) is 0 Å². The quantitative estimate of drug-likeness (QED) is 0.438. The molecule has 1 aromatic heterocycles. The molecule has 7 nitrogen and oxygen atoms in total. The first-order valence-electron chi connectivity index (χ1n) is 9.99. The van der Waals surface area contributed by atoms with E-state index in [4.69, 9.17) is 4.65 Å². The van der Waals surface area contributed by atoms with Gasteiger partial charge in [0.2, 0.25) is 5.91 Å². The molecule has 1 aliphatic rings. The highest BCUT2D eigenvalue weighted by Gasteiger charge is 2.36. The van der Waals surface area contributed by atoms with Crippen molar-refractivity contribution in [3.05, 3.63) is 95.3 Å². The average molecular weight is 416 g/mol. The minimum absolute atomic E-state index is 0.0902. The van der Waals surface area contributed by atoms with E-state index in [-0.39, 0.29) is 30.1 Å². The number of fused-ring (bicyclic) bond motifs is 1. The van der Waals surface area contributed by atoms with E-state index in [1.807, 2.05) is 54.9 Å². The lowest BCUT2D eigenvalue weighted by atomic mass is 9.72. The second kappa shape index (κ2) is 9.01. The number of carbonyl (C=O) groups excluding carboxylic acids is 2. The smallest absolute Gasteiger partial charge is 0.545 e. The molecule has 3 aromatic rings. The standard InChI is InChI=1S/C23H21BN2O5/c27-21(13-16-7-9-17(10-8-16)15-26-11-2-1-3-12-26)25-20-14-18-5-4-6-19(23(28)29)22(18)31-24(20)30/h1-12,20,30H,13-15H2,(H-,25,27,28,29)/t20-/m0/s1. The Balaban J connectivity index is 1.36. The number of carbonyl (C=O) groups is 2. The van der Waals surface area contributed by atoms with Crippen LogP contribution < -0.4 is 19.6 Å². The zero-order valence-corrected chi connectivity index (χ0v) is 16.7. The lowest BCUT2D eigenvalue weighted by Crippen LogP contribution is -2.53. The Morgan fingerprint density at radius 1 is 1.06 bits per heavy atom. The molecule has 0 aliphatic carbocycles. The van der Waals surface area contributed by atoms with Gasteiger partial charge in [-0.25, -0.2) is 4.57 Å². The van der Waals surface area contributed by atoms with Crippen molar-refractivity contribution >= 4 is 19.0 Å². The number of nitrogens with zero attached hydrogens (tertiary/aromatic N) is 1. The fraction of sp³-hybridized carbons (Fsp3) is 0.174. The fourth-order valence-corrected chi connectivity index (χ4v) is 3.66. The maximum absolute atomic E-state index is 12.5. The van der Waals surface area contributed by atoms with Crippen LogP contribution in [0.4, 0.5) is 0 Å². The van der Waals surface area contributed by atoms with Crippen LogP contribution in [0.15, 0.2) is 73.1 Å². The third-order valence-corrected chi connectivity index (χ3v) is 5.22. The van der Waals surface area contributed by atoms with Crippen LogP contribution in [0.25, 0.3) is 0 Å². The van der Waals surface area contributed by atoms with Gasteiger partial charge in [0, 0.05) is 23.3 Å². The van der Waals surface area contributed by atoms with Crippen molar-refractivity contribution in [2.45, 2.75) is 25.3 Å². The second-order valence-electron chi connectivity index (χ2n) is 7.51. The van der Waals surface area contributed by atoms with E-state index in [1.165, 1.54) is 6.07 Å². The Morgan fingerprint density at radius 3 is 2.48 bits per heavy atom. The number of rotatable bonds is 6. The number of amides is 1. The predicted octanol–water partition coefficient (Wildman–Crippen LogP) is 0.0680. The number of benzene rings is 2. The summed E-state index contributed by atoms with van der Waals surface area (Å²) in [5.74, 6) is -2.21. The number of hydrogen-bond donors (Lipinski definition) is 2. The molecular weight excluding hydrogens is 395 g/mol. The van der Waals surface area contributed by atoms with E-state index >= 15 is 0 Å². The largest absolute Gasteiger partial charge is 0.547 e. The van der Waals surface area contributed by atoms with Gasteiger partial charge in [0.25, 0.3) is 0 Å². The lowest BCUT2D eigenvalue weighted by Gasteiger charge is -2.29. The van der Waals surface area contributed by atoms with Crippen LogP contribution >= 0.6 is 0 Å². The molecule has 0 radical (unpaired) electrons. The van der Waals surface area contributed by atoms with Crippen molar-refractivity contribution in [3.8, 4) is 5.75 Å². The molecule has 2 aromatic carbocycles. The van der Waals surface area contributed by atoms with Crippen LogP contribution in [-0.2, 0) is 24.2 Å². The zero-order valence-electron chi connectivity index (χ0n) is 16.7. The molecule has 1 atom stereocenters. The van der Waals surface area contributed by atoms with Crippen LogP contribution in [0.1, 0.15) is 27.0 Å². The first-order valence-corrected chi connectivity index (χ1v) is 9.99. The SMILES string of the molecule is O=C(Cc1ccc(C[n+]2ccccc2)cc1)N[C@H]1Cc2cccc(C(=O)[O-])c2OB1O. The van der Waals surface area contributed by atoms with Crippen molar-refractivity contribution in [1.29, 1.82) is 0 Å². The third kappa shape index (κ3) is 4.92. The molecule has 31 heavy (non-hydrogen) atoms. The number of carboxylic acid groups (broad SMARTS) is 1. The topological polar surface area (TPSA) is 103 Å². The lowest BCUT2D eigenvalue weighted by molar-refractivity contribution is -0.688. The molecule has 156 valence electrons. The Hall–Kier alpha value is -3.65. The molecular formula is C23H21BN2O5. The number of para-hydroxylation sites is 1. The molecule has 0 bridgehead atoms. The molecule has 0 saturated carbocycles. The monoisotopic (exact) mass is 416 g/mol. The van der Waals surface area contributed by atoms with Crippen LogP contribution in [0.3, 0.4) is 0 Å². The van der Waals surface area contributed by atoms with Gasteiger partial charge >= 0.3 is 7.12 Å². The summed E-state index contributed by atoms with van der Waals surface area (Å²) >= 11 is 0. The molecule has 0 fully saturated rings. The Kier molecular flexibility index (Phi) is 6.00. The highest BCUT2D eigenvalue weighted by atomic mass is 16.5. The minimum Gasteiger partial charge on any atom is -0.545 e. The van der Waals surface area contributed by atoms with Crippen molar-refractivity contribution in [3.63, 3.8) is 0 Å². The van der Waals surface area contributed by atoms with Gasteiger partial charge in [-0.2, -0.15) is 0 Å². The van der Waals surface area contributed by atoms with Gasteiger partial charge in [-0.05, 0) is 23.6 Å². The predicted molar refractivity (Wildman–Crippen MR) is 111 cm³/mol. The van der Waals surface area contributed by atoms with Crippen molar-refractivity contribution in [1.82, 2.24) is 5.32 Å². The third-order valence-electron chi connectivity index (χ3n) is 5.22. The number of hydrogen-bond acceptors (Lipinski definition) is 5. The van der Waals surface area contributed by atoms with Crippen LogP contribution in [0.5, 0.6) is 5.75 Å². The van der Waals surface area contributed by atoms with Gasteiger partial charge in [0.15, 0.2) is 18.9 Å². The van der Waals surface area contributed by atoms with Crippen molar-refractivity contribution < 1.29 is 28.9 Å². The maximum atomic E-state index is 12.5. The molecule has 4 rings (SSSR count). The van der Waals surface area contributed by atoms with E-state index < -0.39 is 19.0 Å². The number of carboxylic acids is 1. The summed E-state index contributed by atoms with van der Waals surface area (Å²) < 4.78 is 7.44. The summed E-state index contributed by atoms with van der Waals surface area (Å²) in [6, 6.07) is 18.3. The first-order chi connectivity index (χ1) is 15.0. The van der Waals surface area contributed by atoms with Gasteiger partial charge in [-0.15, -0.1) is 0 Å². The normalized spacial score (nSPS) is 15.0. The Labute approximate surface area is 180 Å². The number of pyridine rings is 1. The van der Waals surface area contributed by atoms with Crippen molar-refractivity contribution in [2.24, 2.45) is 0 Å². The number of aromatic nitrogens is 1. The van der Waals surface area contributed by atoms with Gasteiger partial charge in [0.05, 0.1) is 18.3 Å². The molecule has 8 heteroatoms.